The molecule has 0 aliphatic carbocycles. The third-order valence-electron chi connectivity index (χ3n) is 3.30. The molecule has 1 aliphatic rings. The highest BCUT2D eigenvalue weighted by molar-refractivity contribution is 5.97. The van der Waals surface area contributed by atoms with E-state index in [1.165, 1.54) is 7.11 Å². The van der Waals surface area contributed by atoms with Crippen molar-refractivity contribution in [1.82, 2.24) is 4.90 Å². The number of hydrogen-bond donors (Lipinski definition) is 0. The topological polar surface area (TPSA) is 55.8 Å². The largest absolute Gasteiger partial charge is 0.497 e. The molecular formula is C14H17NO4. The third-order valence-corrected chi connectivity index (χ3v) is 3.30. The number of carbonyl (C=O) groups is 2. The average Bonchev–Trinajstić information content (AvgIpc) is 2.95. The first-order valence-electron chi connectivity index (χ1n) is 6.20. The summed E-state index contributed by atoms with van der Waals surface area (Å²) in [6.07, 6.45) is 1.47. The standard InChI is InChI=1S/C14H17NO4/c1-18-11-6-3-5-10(9-11)13(16)15-8-4-7-12(15)14(17)19-2/h3,5-6,9,12H,4,7-8H2,1-2H3. The fraction of sp³-hybridized carbons (Fsp3) is 0.429. The molecule has 1 aromatic rings. The smallest absolute Gasteiger partial charge is 0.328 e. The van der Waals surface area contributed by atoms with Gasteiger partial charge in [-0.2, -0.15) is 0 Å². The molecule has 5 heteroatoms. The minimum Gasteiger partial charge on any atom is -0.497 e. The van der Waals surface area contributed by atoms with Crippen LogP contribution < -0.4 is 4.74 Å². The van der Waals surface area contributed by atoms with Gasteiger partial charge in [-0.05, 0) is 31.0 Å². The Labute approximate surface area is 112 Å². The number of nitrogens with zero attached hydrogens (tertiary/aromatic N) is 1. The Morgan fingerprint density at radius 1 is 1.32 bits per heavy atom. The molecule has 1 aromatic carbocycles. The van der Waals surface area contributed by atoms with Crippen LogP contribution in [0.4, 0.5) is 0 Å². The second-order valence-corrected chi connectivity index (χ2v) is 4.41. The van der Waals surface area contributed by atoms with E-state index in [0.717, 1.165) is 6.42 Å². The lowest BCUT2D eigenvalue weighted by atomic mass is 10.1. The monoisotopic (exact) mass is 263 g/mol. The molecule has 2 rings (SSSR count). The van der Waals surface area contributed by atoms with Crippen molar-refractivity contribution in [1.29, 1.82) is 0 Å². The van der Waals surface area contributed by atoms with Crippen molar-refractivity contribution >= 4 is 11.9 Å². The molecule has 1 amide bonds. The molecule has 1 atom stereocenters. The van der Waals surface area contributed by atoms with Crippen LogP contribution in [-0.4, -0.2) is 43.6 Å². The molecular weight excluding hydrogens is 246 g/mol. The molecule has 1 fully saturated rings. The molecule has 1 saturated heterocycles. The normalized spacial score (nSPS) is 18.2. The highest BCUT2D eigenvalue weighted by Gasteiger charge is 2.35. The van der Waals surface area contributed by atoms with Crippen LogP contribution in [0, 0.1) is 0 Å². The van der Waals surface area contributed by atoms with Crippen molar-refractivity contribution in [2.75, 3.05) is 20.8 Å². The Bertz CT molecular complexity index is 486. The van der Waals surface area contributed by atoms with Crippen molar-refractivity contribution < 1.29 is 19.1 Å². The van der Waals surface area contributed by atoms with E-state index < -0.39 is 6.04 Å². The zero-order valence-electron chi connectivity index (χ0n) is 11.1. The van der Waals surface area contributed by atoms with Crippen LogP contribution in [-0.2, 0) is 9.53 Å². The van der Waals surface area contributed by atoms with E-state index in [1.807, 2.05) is 0 Å². The Kier molecular flexibility index (Phi) is 4.04. The summed E-state index contributed by atoms with van der Waals surface area (Å²) < 4.78 is 9.84. The summed E-state index contributed by atoms with van der Waals surface area (Å²) in [6.45, 7) is 0.579. The predicted octanol–water partition coefficient (Wildman–Crippen LogP) is 1.47. The number of benzene rings is 1. The molecule has 102 valence electrons. The Balaban J connectivity index is 2.20. The maximum absolute atomic E-state index is 12.4. The second kappa shape index (κ2) is 5.73. The molecule has 1 aliphatic heterocycles. The number of esters is 1. The number of amides is 1. The van der Waals surface area contributed by atoms with E-state index in [-0.39, 0.29) is 11.9 Å². The molecule has 0 aromatic heterocycles. The molecule has 1 unspecified atom stereocenters. The molecule has 5 nitrogen and oxygen atoms in total. The quantitative estimate of drug-likeness (QED) is 0.775. The van der Waals surface area contributed by atoms with Crippen molar-refractivity contribution in [3.05, 3.63) is 29.8 Å². The second-order valence-electron chi connectivity index (χ2n) is 4.41. The molecule has 0 N–H and O–H groups in total. The number of methoxy groups -OCH3 is 2. The van der Waals surface area contributed by atoms with Gasteiger partial charge in [0.15, 0.2) is 0 Å². The highest BCUT2D eigenvalue weighted by atomic mass is 16.5. The van der Waals surface area contributed by atoms with Crippen LogP contribution in [0.2, 0.25) is 0 Å². The molecule has 0 spiro atoms. The molecule has 0 saturated carbocycles. The Hall–Kier alpha value is -2.04. The summed E-state index contributed by atoms with van der Waals surface area (Å²) in [5.41, 5.74) is 0.523. The van der Waals surface area contributed by atoms with E-state index in [0.29, 0.717) is 24.3 Å². The van der Waals surface area contributed by atoms with Gasteiger partial charge in [0, 0.05) is 12.1 Å². The number of rotatable bonds is 3. The minimum absolute atomic E-state index is 0.160. The summed E-state index contributed by atoms with van der Waals surface area (Å²) in [6, 6.07) is 6.46. The van der Waals surface area contributed by atoms with E-state index in [9.17, 15) is 9.59 Å². The highest BCUT2D eigenvalue weighted by Crippen LogP contribution is 2.22. The Morgan fingerprint density at radius 2 is 2.11 bits per heavy atom. The van der Waals surface area contributed by atoms with Crippen LogP contribution in [0.3, 0.4) is 0 Å². The number of likely N-dealkylation sites (tertiary alicyclic amines) is 1. The van der Waals surface area contributed by atoms with Crippen molar-refractivity contribution in [2.24, 2.45) is 0 Å². The van der Waals surface area contributed by atoms with Gasteiger partial charge in [0.25, 0.3) is 5.91 Å². The summed E-state index contributed by atoms with van der Waals surface area (Å²) in [5.74, 6) is 0.111. The van der Waals surface area contributed by atoms with Crippen LogP contribution in [0.15, 0.2) is 24.3 Å². The summed E-state index contributed by atoms with van der Waals surface area (Å²) in [5, 5.41) is 0. The van der Waals surface area contributed by atoms with E-state index >= 15 is 0 Å². The lowest BCUT2D eigenvalue weighted by molar-refractivity contribution is -0.145. The summed E-state index contributed by atoms with van der Waals surface area (Å²) in [7, 11) is 2.89. The first-order chi connectivity index (χ1) is 9.17. The van der Waals surface area contributed by atoms with Gasteiger partial charge in [0.05, 0.1) is 14.2 Å². The van der Waals surface area contributed by atoms with Gasteiger partial charge >= 0.3 is 5.97 Å². The maximum atomic E-state index is 12.4. The van der Waals surface area contributed by atoms with Gasteiger partial charge in [-0.25, -0.2) is 4.79 Å². The van der Waals surface area contributed by atoms with Crippen molar-refractivity contribution in [2.45, 2.75) is 18.9 Å². The van der Waals surface area contributed by atoms with Crippen molar-refractivity contribution in [3.8, 4) is 5.75 Å². The van der Waals surface area contributed by atoms with E-state index in [2.05, 4.69) is 0 Å². The minimum atomic E-state index is -0.469. The van der Waals surface area contributed by atoms with Crippen molar-refractivity contribution in [3.63, 3.8) is 0 Å². The van der Waals surface area contributed by atoms with Gasteiger partial charge in [-0.15, -0.1) is 0 Å². The fourth-order valence-corrected chi connectivity index (χ4v) is 2.31. The van der Waals surface area contributed by atoms with Crippen LogP contribution in [0.5, 0.6) is 5.75 Å². The average molecular weight is 263 g/mol. The SMILES string of the molecule is COC(=O)C1CCCN1C(=O)c1cccc(OC)c1. The van der Waals surface area contributed by atoms with E-state index in [1.54, 1.807) is 36.3 Å². The third kappa shape index (κ3) is 2.70. The summed E-state index contributed by atoms with van der Waals surface area (Å²) >= 11 is 0. The maximum Gasteiger partial charge on any atom is 0.328 e. The molecule has 1 heterocycles. The zero-order chi connectivity index (χ0) is 13.8. The predicted molar refractivity (Wildman–Crippen MR) is 69.1 cm³/mol. The zero-order valence-corrected chi connectivity index (χ0v) is 11.1. The van der Waals surface area contributed by atoms with Gasteiger partial charge in [0.2, 0.25) is 0 Å². The van der Waals surface area contributed by atoms with Gasteiger partial charge in [0.1, 0.15) is 11.8 Å². The van der Waals surface area contributed by atoms with E-state index in [4.69, 9.17) is 9.47 Å². The number of carbonyl (C=O) groups excluding carboxylic acids is 2. The summed E-state index contributed by atoms with van der Waals surface area (Å²) in [4.78, 5) is 25.6. The lowest BCUT2D eigenvalue weighted by Crippen LogP contribution is -2.41. The lowest BCUT2D eigenvalue weighted by Gasteiger charge is -2.22. The molecule has 0 radical (unpaired) electrons. The van der Waals surface area contributed by atoms with Crippen LogP contribution in [0.25, 0.3) is 0 Å². The van der Waals surface area contributed by atoms with Gasteiger partial charge in [-0.1, -0.05) is 6.07 Å². The van der Waals surface area contributed by atoms with Crippen LogP contribution in [0.1, 0.15) is 23.2 Å². The first-order valence-corrected chi connectivity index (χ1v) is 6.20. The first kappa shape index (κ1) is 13.4. The number of ether oxygens (including phenoxy) is 2. The van der Waals surface area contributed by atoms with Gasteiger partial charge in [-0.3, -0.25) is 4.79 Å². The molecule has 19 heavy (non-hydrogen) atoms. The Morgan fingerprint density at radius 3 is 2.79 bits per heavy atom. The number of hydrogen-bond acceptors (Lipinski definition) is 4. The fourth-order valence-electron chi connectivity index (χ4n) is 2.31. The van der Waals surface area contributed by atoms with Gasteiger partial charge < -0.3 is 14.4 Å². The molecule has 0 bridgehead atoms. The van der Waals surface area contributed by atoms with Crippen LogP contribution >= 0.6 is 0 Å².